The van der Waals surface area contributed by atoms with Crippen molar-refractivity contribution in [2.24, 2.45) is 5.41 Å². The third kappa shape index (κ3) is 7.58. The lowest BCUT2D eigenvalue weighted by Crippen LogP contribution is -2.16. The highest BCUT2D eigenvalue weighted by atomic mass is 16.1. The maximum absolute atomic E-state index is 10.9. The van der Waals surface area contributed by atoms with E-state index in [0.717, 1.165) is 19.1 Å². The maximum atomic E-state index is 10.9. The van der Waals surface area contributed by atoms with E-state index in [1.54, 1.807) is 0 Å². The first-order valence-electron chi connectivity index (χ1n) is 6.65. The SMILES string of the molecule is CCCCCCCCCC(C)(C=O)CC. The summed E-state index contributed by atoms with van der Waals surface area (Å²) in [6.07, 6.45) is 12.5. The molecule has 1 nitrogen and oxygen atoms in total. The van der Waals surface area contributed by atoms with Gasteiger partial charge in [-0.1, -0.05) is 65.7 Å². The van der Waals surface area contributed by atoms with E-state index >= 15 is 0 Å². The smallest absolute Gasteiger partial charge is 0.125 e. The predicted octanol–water partition coefficient (Wildman–Crippen LogP) is 4.74. The fourth-order valence-electron chi connectivity index (χ4n) is 1.80. The van der Waals surface area contributed by atoms with Gasteiger partial charge in [-0.2, -0.15) is 0 Å². The van der Waals surface area contributed by atoms with Crippen LogP contribution in [0.25, 0.3) is 0 Å². The number of carbonyl (C=O) groups excluding carboxylic acids is 1. The van der Waals surface area contributed by atoms with Crippen LogP contribution >= 0.6 is 0 Å². The Hall–Kier alpha value is -0.330. The van der Waals surface area contributed by atoms with Gasteiger partial charge in [0.15, 0.2) is 0 Å². The highest BCUT2D eigenvalue weighted by molar-refractivity contribution is 5.58. The minimum absolute atomic E-state index is 0.0522. The highest BCUT2D eigenvalue weighted by Gasteiger charge is 2.19. The average molecular weight is 212 g/mol. The van der Waals surface area contributed by atoms with E-state index in [1.807, 2.05) is 0 Å². The summed E-state index contributed by atoms with van der Waals surface area (Å²) < 4.78 is 0. The third-order valence-electron chi connectivity index (χ3n) is 3.44. The number of unbranched alkanes of at least 4 members (excludes halogenated alkanes) is 6. The minimum atomic E-state index is -0.0522. The number of hydrogen-bond donors (Lipinski definition) is 0. The van der Waals surface area contributed by atoms with E-state index in [9.17, 15) is 4.79 Å². The Kier molecular flexibility index (Phi) is 8.74. The summed E-state index contributed by atoms with van der Waals surface area (Å²) in [4.78, 5) is 10.9. The molecule has 0 heterocycles. The summed E-state index contributed by atoms with van der Waals surface area (Å²) in [5.74, 6) is 0. The maximum Gasteiger partial charge on any atom is 0.125 e. The molecule has 0 aliphatic heterocycles. The molecule has 0 aromatic carbocycles. The van der Waals surface area contributed by atoms with Gasteiger partial charge < -0.3 is 4.79 Å². The van der Waals surface area contributed by atoms with Crippen LogP contribution in [0.5, 0.6) is 0 Å². The van der Waals surface area contributed by atoms with Gasteiger partial charge in [0.25, 0.3) is 0 Å². The van der Waals surface area contributed by atoms with Gasteiger partial charge in [0.1, 0.15) is 6.29 Å². The van der Waals surface area contributed by atoms with Gasteiger partial charge in [-0.25, -0.2) is 0 Å². The summed E-state index contributed by atoms with van der Waals surface area (Å²) in [5, 5.41) is 0. The second-order valence-corrected chi connectivity index (χ2v) is 5.00. The third-order valence-corrected chi connectivity index (χ3v) is 3.44. The molecule has 0 aliphatic rings. The molecule has 1 heteroatoms. The van der Waals surface area contributed by atoms with Gasteiger partial charge in [-0.15, -0.1) is 0 Å². The van der Waals surface area contributed by atoms with Crippen molar-refractivity contribution < 1.29 is 4.79 Å². The van der Waals surface area contributed by atoms with E-state index in [1.165, 1.54) is 44.9 Å². The average Bonchev–Trinajstić information content (AvgIpc) is 2.27. The molecule has 0 aliphatic carbocycles. The van der Waals surface area contributed by atoms with E-state index in [4.69, 9.17) is 0 Å². The first-order valence-corrected chi connectivity index (χ1v) is 6.65. The van der Waals surface area contributed by atoms with Gasteiger partial charge in [-0.3, -0.25) is 0 Å². The molecule has 0 fully saturated rings. The van der Waals surface area contributed by atoms with Crippen molar-refractivity contribution in [3.63, 3.8) is 0 Å². The Morgan fingerprint density at radius 1 is 0.933 bits per heavy atom. The lowest BCUT2D eigenvalue weighted by molar-refractivity contribution is -0.116. The number of hydrogen-bond acceptors (Lipinski definition) is 1. The van der Waals surface area contributed by atoms with Crippen molar-refractivity contribution in [3.05, 3.63) is 0 Å². The van der Waals surface area contributed by atoms with Crippen LogP contribution in [0.15, 0.2) is 0 Å². The van der Waals surface area contributed by atoms with Crippen LogP contribution in [-0.2, 0) is 4.79 Å². The summed E-state index contributed by atoms with van der Waals surface area (Å²) in [5.41, 5.74) is -0.0522. The second kappa shape index (κ2) is 8.94. The topological polar surface area (TPSA) is 17.1 Å². The zero-order valence-corrected chi connectivity index (χ0v) is 10.8. The zero-order valence-electron chi connectivity index (χ0n) is 10.8. The van der Waals surface area contributed by atoms with E-state index < -0.39 is 0 Å². The zero-order chi connectivity index (χ0) is 11.6. The minimum Gasteiger partial charge on any atom is -0.303 e. The molecule has 0 bridgehead atoms. The van der Waals surface area contributed by atoms with Crippen LogP contribution in [0.3, 0.4) is 0 Å². The van der Waals surface area contributed by atoms with Crippen molar-refractivity contribution in [3.8, 4) is 0 Å². The molecule has 0 rings (SSSR count). The van der Waals surface area contributed by atoms with Crippen LogP contribution in [0.2, 0.25) is 0 Å². The van der Waals surface area contributed by atoms with Gasteiger partial charge in [-0.05, 0) is 12.8 Å². The molecule has 15 heavy (non-hydrogen) atoms. The number of rotatable bonds is 10. The monoisotopic (exact) mass is 212 g/mol. The molecule has 0 saturated heterocycles. The molecular formula is C14H28O. The molecule has 1 atom stereocenters. The van der Waals surface area contributed by atoms with Crippen LogP contribution in [0.1, 0.15) is 78.6 Å². The number of aldehydes is 1. The van der Waals surface area contributed by atoms with Crippen molar-refractivity contribution >= 4 is 6.29 Å². The van der Waals surface area contributed by atoms with Gasteiger partial charge in [0.2, 0.25) is 0 Å². The molecule has 0 aromatic rings. The number of carbonyl (C=O) groups is 1. The molecule has 0 spiro atoms. The van der Waals surface area contributed by atoms with Crippen molar-refractivity contribution in [1.29, 1.82) is 0 Å². The first kappa shape index (κ1) is 14.7. The normalized spacial score (nSPS) is 14.9. The summed E-state index contributed by atoms with van der Waals surface area (Å²) in [6.45, 7) is 6.43. The molecule has 1 unspecified atom stereocenters. The van der Waals surface area contributed by atoms with Crippen LogP contribution in [0.4, 0.5) is 0 Å². The summed E-state index contributed by atoms with van der Waals surface area (Å²) in [7, 11) is 0. The lowest BCUT2D eigenvalue weighted by Gasteiger charge is -2.20. The fourth-order valence-corrected chi connectivity index (χ4v) is 1.80. The van der Waals surface area contributed by atoms with Crippen molar-refractivity contribution in [2.45, 2.75) is 78.6 Å². The Bertz CT molecular complexity index is 153. The highest BCUT2D eigenvalue weighted by Crippen LogP contribution is 2.25. The van der Waals surface area contributed by atoms with Crippen molar-refractivity contribution in [1.82, 2.24) is 0 Å². The van der Waals surface area contributed by atoms with Gasteiger partial charge in [0.05, 0.1) is 0 Å². The van der Waals surface area contributed by atoms with Gasteiger partial charge >= 0.3 is 0 Å². The van der Waals surface area contributed by atoms with Gasteiger partial charge in [0, 0.05) is 5.41 Å². The first-order chi connectivity index (χ1) is 7.18. The molecule has 0 saturated carbocycles. The Morgan fingerprint density at radius 2 is 1.47 bits per heavy atom. The summed E-state index contributed by atoms with van der Waals surface area (Å²) >= 11 is 0. The van der Waals surface area contributed by atoms with E-state index in [0.29, 0.717) is 0 Å². The Morgan fingerprint density at radius 3 is 1.93 bits per heavy atom. The van der Waals surface area contributed by atoms with E-state index in [2.05, 4.69) is 20.8 Å². The standard InChI is InChI=1S/C14H28O/c1-4-6-7-8-9-10-11-12-14(3,5-2)13-15/h13H,4-12H2,1-3H3. The Balaban J connectivity index is 3.33. The molecule has 90 valence electrons. The molecule has 0 N–H and O–H groups in total. The quantitative estimate of drug-likeness (QED) is 0.377. The molecule has 0 radical (unpaired) electrons. The predicted molar refractivity (Wildman–Crippen MR) is 67.1 cm³/mol. The largest absolute Gasteiger partial charge is 0.303 e. The fraction of sp³-hybridized carbons (Fsp3) is 0.929. The summed E-state index contributed by atoms with van der Waals surface area (Å²) in [6, 6.07) is 0. The molecular weight excluding hydrogens is 184 g/mol. The Labute approximate surface area is 95.6 Å². The van der Waals surface area contributed by atoms with Crippen LogP contribution in [0, 0.1) is 5.41 Å². The lowest BCUT2D eigenvalue weighted by atomic mass is 9.84. The van der Waals surface area contributed by atoms with Crippen LogP contribution in [-0.4, -0.2) is 6.29 Å². The van der Waals surface area contributed by atoms with Crippen molar-refractivity contribution in [2.75, 3.05) is 0 Å². The second-order valence-electron chi connectivity index (χ2n) is 5.00. The van der Waals surface area contributed by atoms with Crippen LogP contribution < -0.4 is 0 Å². The molecule has 0 aromatic heterocycles. The molecule has 0 amide bonds. The van der Waals surface area contributed by atoms with E-state index in [-0.39, 0.29) is 5.41 Å².